The number of benzene rings is 1. The van der Waals surface area contributed by atoms with E-state index in [4.69, 9.17) is 15.2 Å². The molecular formula is C22H28N4O4. The maximum Gasteiger partial charge on any atom is 0.410 e. The van der Waals surface area contributed by atoms with Crippen molar-refractivity contribution in [2.45, 2.75) is 39.0 Å². The molecule has 1 unspecified atom stereocenters. The normalized spacial score (nSPS) is 16.8. The van der Waals surface area contributed by atoms with Gasteiger partial charge in [0.1, 0.15) is 12.2 Å². The molecule has 8 heteroatoms. The van der Waals surface area contributed by atoms with Gasteiger partial charge < -0.3 is 20.5 Å². The zero-order valence-corrected chi connectivity index (χ0v) is 17.6. The van der Waals surface area contributed by atoms with Gasteiger partial charge in [-0.15, -0.1) is 0 Å². The van der Waals surface area contributed by atoms with Gasteiger partial charge in [0.25, 0.3) is 0 Å². The number of nitrogens with one attached hydrogen (secondary N) is 1. The molecule has 0 spiro atoms. The minimum Gasteiger partial charge on any atom is -0.457 e. The van der Waals surface area contributed by atoms with Gasteiger partial charge in [-0.1, -0.05) is 30.3 Å². The number of anilines is 1. The van der Waals surface area contributed by atoms with Gasteiger partial charge in [0, 0.05) is 25.8 Å². The second kappa shape index (κ2) is 9.13. The number of carbonyl (C=O) groups is 2. The van der Waals surface area contributed by atoms with Gasteiger partial charge in [-0.25, -0.2) is 9.59 Å². The van der Waals surface area contributed by atoms with Crippen molar-refractivity contribution in [3.63, 3.8) is 0 Å². The van der Waals surface area contributed by atoms with Gasteiger partial charge >= 0.3 is 12.1 Å². The minimum absolute atomic E-state index is 0.145. The van der Waals surface area contributed by atoms with Gasteiger partial charge in [0.2, 0.25) is 0 Å². The van der Waals surface area contributed by atoms with E-state index >= 15 is 0 Å². The molecule has 1 aliphatic rings. The highest BCUT2D eigenvalue weighted by molar-refractivity contribution is 5.95. The smallest absolute Gasteiger partial charge is 0.410 e. The van der Waals surface area contributed by atoms with Gasteiger partial charge in [-0.2, -0.15) is 0 Å². The predicted molar refractivity (Wildman–Crippen MR) is 113 cm³/mol. The summed E-state index contributed by atoms with van der Waals surface area (Å²) in [5.74, 6) is -0.535. The van der Waals surface area contributed by atoms with Crippen LogP contribution in [0.4, 0.5) is 10.5 Å². The summed E-state index contributed by atoms with van der Waals surface area (Å²) < 4.78 is 10.9. The number of aromatic nitrogens is 1. The van der Waals surface area contributed by atoms with Crippen molar-refractivity contribution in [3.05, 3.63) is 59.4 Å². The number of nitrogens with two attached hydrogens (primary N) is 1. The number of rotatable bonds is 4. The highest BCUT2D eigenvalue weighted by atomic mass is 16.6. The molecule has 8 nitrogen and oxygen atoms in total. The topological polar surface area (TPSA) is 107 Å². The quantitative estimate of drug-likeness (QED) is 0.744. The Morgan fingerprint density at radius 1 is 1.23 bits per heavy atom. The van der Waals surface area contributed by atoms with Crippen molar-refractivity contribution < 1.29 is 19.1 Å². The standard InChI is InChI=1S/C22H28N4O4/c1-22(2,3)30-21(28)26-12-11-24-13-17(26)19-18(23)16(9-10-25-19)20(27)29-14-15-7-5-4-6-8-15/h4-10,17,24H,11-14,23H2,1-3H3. The van der Waals surface area contributed by atoms with E-state index in [0.717, 1.165) is 5.56 Å². The fourth-order valence-electron chi connectivity index (χ4n) is 3.22. The van der Waals surface area contributed by atoms with E-state index < -0.39 is 23.7 Å². The highest BCUT2D eigenvalue weighted by Gasteiger charge is 2.34. The SMILES string of the molecule is CC(C)(C)OC(=O)N1CCNCC1c1nccc(C(=O)OCc2ccccc2)c1N. The van der Waals surface area contributed by atoms with E-state index in [1.807, 2.05) is 51.1 Å². The summed E-state index contributed by atoms with van der Waals surface area (Å²) in [6, 6.07) is 10.5. The van der Waals surface area contributed by atoms with Crippen LogP contribution in [0.2, 0.25) is 0 Å². The third kappa shape index (κ3) is 5.27. The van der Waals surface area contributed by atoms with Gasteiger partial charge in [0.05, 0.1) is 23.0 Å². The van der Waals surface area contributed by atoms with Crippen molar-refractivity contribution in [1.82, 2.24) is 15.2 Å². The van der Waals surface area contributed by atoms with Crippen LogP contribution in [0, 0.1) is 0 Å². The Morgan fingerprint density at radius 3 is 2.67 bits per heavy atom. The third-order valence-electron chi connectivity index (χ3n) is 4.64. The Hall–Kier alpha value is -3.13. The average Bonchev–Trinajstić information content (AvgIpc) is 2.72. The van der Waals surface area contributed by atoms with E-state index in [1.165, 1.54) is 12.3 Å². The zero-order chi connectivity index (χ0) is 21.7. The number of amides is 1. The average molecular weight is 412 g/mol. The Kier molecular flexibility index (Phi) is 6.56. The molecule has 0 bridgehead atoms. The lowest BCUT2D eigenvalue weighted by Crippen LogP contribution is -2.50. The lowest BCUT2D eigenvalue weighted by Gasteiger charge is -2.37. The Bertz CT molecular complexity index is 896. The molecule has 2 aromatic rings. The van der Waals surface area contributed by atoms with Crippen molar-refractivity contribution in [1.29, 1.82) is 0 Å². The lowest BCUT2D eigenvalue weighted by molar-refractivity contribution is 0.0114. The first kappa shape index (κ1) is 21.6. The van der Waals surface area contributed by atoms with Crippen LogP contribution in [-0.4, -0.2) is 47.2 Å². The van der Waals surface area contributed by atoms with Crippen molar-refractivity contribution in [2.75, 3.05) is 25.4 Å². The van der Waals surface area contributed by atoms with Gasteiger partial charge in [0.15, 0.2) is 0 Å². The second-order valence-electron chi connectivity index (χ2n) is 8.11. The monoisotopic (exact) mass is 412 g/mol. The Balaban J connectivity index is 1.80. The van der Waals surface area contributed by atoms with Crippen molar-refractivity contribution in [3.8, 4) is 0 Å². The number of nitrogens with zero attached hydrogens (tertiary/aromatic N) is 2. The number of ether oxygens (including phenoxy) is 2. The first-order chi connectivity index (χ1) is 14.3. The number of esters is 1. The molecule has 0 saturated carbocycles. The number of hydrogen-bond acceptors (Lipinski definition) is 7. The van der Waals surface area contributed by atoms with Crippen molar-refractivity contribution >= 4 is 17.7 Å². The van der Waals surface area contributed by atoms with Crippen LogP contribution in [-0.2, 0) is 16.1 Å². The Labute approximate surface area is 176 Å². The molecule has 30 heavy (non-hydrogen) atoms. The summed E-state index contributed by atoms with van der Waals surface area (Å²) in [5, 5.41) is 3.24. The van der Waals surface area contributed by atoms with Crippen LogP contribution >= 0.6 is 0 Å². The van der Waals surface area contributed by atoms with Crippen LogP contribution < -0.4 is 11.1 Å². The second-order valence-corrected chi connectivity index (χ2v) is 8.11. The molecular weight excluding hydrogens is 384 g/mol. The Morgan fingerprint density at radius 2 is 1.97 bits per heavy atom. The maximum atomic E-state index is 12.7. The molecule has 0 radical (unpaired) electrons. The molecule has 1 amide bonds. The fourth-order valence-corrected chi connectivity index (χ4v) is 3.22. The number of pyridine rings is 1. The largest absolute Gasteiger partial charge is 0.457 e. The van der Waals surface area contributed by atoms with E-state index in [9.17, 15) is 9.59 Å². The van der Waals surface area contributed by atoms with Crippen LogP contribution in [0.3, 0.4) is 0 Å². The molecule has 3 N–H and O–H groups in total. The summed E-state index contributed by atoms with van der Waals surface area (Å²) in [7, 11) is 0. The number of piperazine rings is 1. The molecule has 1 aromatic carbocycles. The summed E-state index contributed by atoms with van der Waals surface area (Å²) in [6.45, 7) is 7.14. The lowest BCUT2D eigenvalue weighted by atomic mass is 10.0. The maximum absolute atomic E-state index is 12.7. The minimum atomic E-state index is -0.616. The molecule has 3 rings (SSSR count). The summed E-state index contributed by atoms with van der Waals surface area (Å²) in [5.41, 5.74) is 7.45. The van der Waals surface area contributed by atoms with Crippen molar-refractivity contribution in [2.24, 2.45) is 0 Å². The van der Waals surface area contributed by atoms with E-state index in [-0.39, 0.29) is 17.9 Å². The fraction of sp³-hybridized carbons (Fsp3) is 0.409. The van der Waals surface area contributed by atoms with E-state index in [1.54, 1.807) is 4.90 Å². The van der Waals surface area contributed by atoms with E-state index in [2.05, 4.69) is 10.3 Å². The number of hydrogen-bond donors (Lipinski definition) is 2. The molecule has 1 aliphatic heterocycles. The summed E-state index contributed by atoms with van der Waals surface area (Å²) in [4.78, 5) is 31.3. The summed E-state index contributed by atoms with van der Waals surface area (Å²) in [6.07, 6.45) is 1.07. The molecule has 2 heterocycles. The molecule has 1 atom stereocenters. The van der Waals surface area contributed by atoms with Crippen LogP contribution in [0.1, 0.15) is 48.4 Å². The number of carbonyl (C=O) groups excluding carboxylic acids is 2. The number of nitrogen functional groups attached to an aromatic ring is 1. The van der Waals surface area contributed by atoms with E-state index in [0.29, 0.717) is 25.3 Å². The van der Waals surface area contributed by atoms with Crippen LogP contribution in [0.25, 0.3) is 0 Å². The molecule has 1 aromatic heterocycles. The molecule has 1 saturated heterocycles. The molecule has 0 aliphatic carbocycles. The zero-order valence-electron chi connectivity index (χ0n) is 17.6. The summed E-state index contributed by atoms with van der Waals surface area (Å²) >= 11 is 0. The molecule has 1 fully saturated rings. The first-order valence-corrected chi connectivity index (χ1v) is 9.92. The first-order valence-electron chi connectivity index (χ1n) is 9.92. The van der Waals surface area contributed by atoms with Crippen LogP contribution in [0.5, 0.6) is 0 Å². The third-order valence-corrected chi connectivity index (χ3v) is 4.64. The highest BCUT2D eigenvalue weighted by Crippen LogP contribution is 2.29. The van der Waals surface area contributed by atoms with Crippen LogP contribution in [0.15, 0.2) is 42.6 Å². The van der Waals surface area contributed by atoms with Gasteiger partial charge in [-0.3, -0.25) is 9.88 Å². The predicted octanol–water partition coefficient (Wildman–Crippen LogP) is 2.90. The van der Waals surface area contributed by atoms with Gasteiger partial charge in [-0.05, 0) is 32.4 Å². The molecule has 160 valence electrons.